The van der Waals surface area contributed by atoms with Gasteiger partial charge in [0.25, 0.3) is 0 Å². The highest BCUT2D eigenvalue weighted by molar-refractivity contribution is 5.75. The Morgan fingerprint density at radius 1 is 1.73 bits per heavy atom. The summed E-state index contributed by atoms with van der Waals surface area (Å²) in [6, 6.07) is 0.0413. The first kappa shape index (κ1) is 9.99. The molecule has 0 aliphatic rings. The predicted octanol–water partition coefficient (Wildman–Crippen LogP) is -0.266. The van der Waals surface area contributed by atoms with Gasteiger partial charge in [-0.15, -0.1) is 6.42 Å². The Balaban J connectivity index is 3.29. The number of carbonyl (C=O) groups excluding carboxylic acids is 1. The van der Waals surface area contributed by atoms with Crippen LogP contribution < -0.4 is 10.6 Å². The number of nitrogens with one attached hydrogen (secondary N) is 2. The van der Waals surface area contributed by atoms with E-state index in [2.05, 4.69) is 16.6 Å². The van der Waals surface area contributed by atoms with Crippen LogP contribution in [-0.4, -0.2) is 25.5 Å². The molecule has 0 aliphatic heterocycles. The third-order valence-electron chi connectivity index (χ3n) is 1.33. The summed E-state index contributed by atoms with van der Waals surface area (Å²) in [6.07, 6.45) is 5.58. The normalized spacial score (nSPS) is 11.7. The molecule has 0 bridgehead atoms. The second-order valence-corrected chi connectivity index (χ2v) is 2.27. The second kappa shape index (κ2) is 5.75. The monoisotopic (exact) mass is 154 g/mol. The molecule has 0 radical (unpaired) electrons. The van der Waals surface area contributed by atoms with Crippen molar-refractivity contribution < 1.29 is 4.79 Å². The van der Waals surface area contributed by atoms with Crippen LogP contribution in [-0.2, 0) is 4.79 Å². The molecule has 0 aromatic rings. The van der Waals surface area contributed by atoms with Gasteiger partial charge in [0.15, 0.2) is 0 Å². The summed E-state index contributed by atoms with van der Waals surface area (Å²) in [5, 5.41) is 5.53. The zero-order valence-electron chi connectivity index (χ0n) is 6.98. The molecule has 0 aromatic heterocycles. The summed E-state index contributed by atoms with van der Waals surface area (Å²) in [7, 11) is 1.62. The maximum Gasteiger partial charge on any atom is 0.221 e. The first-order chi connectivity index (χ1) is 5.20. The molecule has 0 rings (SSSR count). The lowest BCUT2D eigenvalue weighted by atomic mass is 10.3. The zero-order valence-corrected chi connectivity index (χ0v) is 6.98. The molecular weight excluding hydrogens is 140 g/mol. The zero-order chi connectivity index (χ0) is 8.69. The van der Waals surface area contributed by atoms with E-state index >= 15 is 0 Å². The highest BCUT2D eigenvalue weighted by atomic mass is 16.1. The number of rotatable bonds is 4. The van der Waals surface area contributed by atoms with E-state index in [0.29, 0.717) is 13.0 Å². The molecule has 3 heteroatoms. The van der Waals surface area contributed by atoms with Crippen LogP contribution in [0.1, 0.15) is 13.3 Å². The van der Waals surface area contributed by atoms with Crippen LogP contribution in [0.2, 0.25) is 0 Å². The largest absolute Gasteiger partial charge is 0.359 e. The Bertz CT molecular complexity index is 160. The van der Waals surface area contributed by atoms with E-state index in [1.54, 1.807) is 7.05 Å². The molecule has 62 valence electrons. The highest BCUT2D eigenvalue weighted by Gasteiger charge is 1.98. The van der Waals surface area contributed by atoms with Gasteiger partial charge in [-0.1, -0.05) is 5.92 Å². The molecule has 0 saturated carbocycles. The number of carbonyl (C=O) groups is 1. The van der Waals surface area contributed by atoms with Gasteiger partial charge >= 0.3 is 0 Å². The maximum absolute atomic E-state index is 10.7. The van der Waals surface area contributed by atoms with E-state index in [4.69, 9.17) is 6.42 Å². The molecule has 0 fully saturated rings. The minimum Gasteiger partial charge on any atom is -0.359 e. The Hall–Kier alpha value is -1.01. The third-order valence-corrected chi connectivity index (χ3v) is 1.33. The summed E-state index contributed by atoms with van der Waals surface area (Å²) in [6.45, 7) is 2.51. The lowest BCUT2D eigenvalue weighted by Gasteiger charge is -2.05. The Kier molecular flexibility index (Phi) is 5.22. The minimum absolute atomic E-state index is 0.0294. The van der Waals surface area contributed by atoms with Crippen molar-refractivity contribution in [3.63, 3.8) is 0 Å². The molecule has 1 atom stereocenters. The first-order valence-corrected chi connectivity index (χ1v) is 3.60. The fourth-order valence-corrected chi connectivity index (χ4v) is 0.586. The number of hydrogen-bond acceptors (Lipinski definition) is 2. The molecule has 1 unspecified atom stereocenters. The molecule has 0 saturated heterocycles. The molecule has 0 heterocycles. The third kappa shape index (κ3) is 5.43. The lowest BCUT2D eigenvalue weighted by Crippen LogP contribution is -2.29. The molecule has 2 N–H and O–H groups in total. The van der Waals surface area contributed by atoms with Crippen molar-refractivity contribution in [3.8, 4) is 12.3 Å². The molecule has 0 aliphatic carbocycles. The van der Waals surface area contributed by atoms with Crippen molar-refractivity contribution >= 4 is 5.91 Å². The number of hydrogen-bond donors (Lipinski definition) is 2. The van der Waals surface area contributed by atoms with Gasteiger partial charge in [0.1, 0.15) is 0 Å². The lowest BCUT2D eigenvalue weighted by molar-refractivity contribution is -0.120. The van der Waals surface area contributed by atoms with Gasteiger partial charge in [-0.05, 0) is 6.92 Å². The molecule has 3 nitrogen and oxygen atoms in total. The fourth-order valence-electron chi connectivity index (χ4n) is 0.586. The second-order valence-electron chi connectivity index (χ2n) is 2.27. The minimum atomic E-state index is 0.0294. The van der Waals surface area contributed by atoms with Crippen molar-refractivity contribution in [3.05, 3.63) is 0 Å². The molecule has 11 heavy (non-hydrogen) atoms. The van der Waals surface area contributed by atoms with E-state index in [0.717, 1.165) is 0 Å². The average molecular weight is 154 g/mol. The SMILES string of the molecule is C#CC(C)NCCC(=O)NC. The fraction of sp³-hybridized carbons (Fsp3) is 0.625. The number of terminal acetylenes is 1. The summed E-state index contributed by atoms with van der Waals surface area (Å²) >= 11 is 0. The van der Waals surface area contributed by atoms with Crippen molar-refractivity contribution in [1.82, 2.24) is 10.6 Å². The van der Waals surface area contributed by atoms with Gasteiger partial charge in [0.05, 0.1) is 6.04 Å². The van der Waals surface area contributed by atoms with Crippen LogP contribution in [0.25, 0.3) is 0 Å². The van der Waals surface area contributed by atoms with E-state index in [-0.39, 0.29) is 11.9 Å². The summed E-state index contributed by atoms with van der Waals surface area (Å²) in [4.78, 5) is 10.7. The van der Waals surface area contributed by atoms with Gasteiger partial charge in [-0.2, -0.15) is 0 Å². The quantitative estimate of drug-likeness (QED) is 0.547. The van der Waals surface area contributed by atoms with E-state index < -0.39 is 0 Å². The van der Waals surface area contributed by atoms with Crippen LogP contribution in [0.15, 0.2) is 0 Å². The summed E-state index contributed by atoms with van der Waals surface area (Å²) in [5.74, 6) is 2.54. The number of amides is 1. The van der Waals surface area contributed by atoms with Crippen molar-refractivity contribution in [2.24, 2.45) is 0 Å². The maximum atomic E-state index is 10.7. The van der Waals surface area contributed by atoms with Crippen molar-refractivity contribution in [2.75, 3.05) is 13.6 Å². The summed E-state index contributed by atoms with van der Waals surface area (Å²) < 4.78 is 0. The van der Waals surface area contributed by atoms with E-state index in [1.165, 1.54) is 0 Å². The predicted molar refractivity (Wildman–Crippen MR) is 45.0 cm³/mol. The van der Waals surface area contributed by atoms with E-state index in [1.807, 2.05) is 6.92 Å². The van der Waals surface area contributed by atoms with Gasteiger partial charge in [-0.3, -0.25) is 4.79 Å². The van der Waals surface area contributed by atoms with Gasteiger partial charge in [-0.25, -0.2) is 0 Å². The molecule has 0 aromatic carbocycles. The van der Waals surface area contributed by atoms with Crippen LogP contribution in [0.5, 0.6) is 0 Å². The van der Waals surface area contributed by atoms with Crippen LogP contribution in [0.4, 0.5) is 0 Å². The highest BCUT2D eigenvalue weighted by Crippen LogP contribution is 1.79. The van der Waals surface area contributed by atoms with Crippen LogP contribution in [0.3, 0.4) is 0 Å². The summed E-state index contributed by atoms with van der Waals surface area (Å²) in [5.41, 5.74) is 0. The molecule has 1 amide bonds. The molecular formula is C8H14N2O. The van der Waals surface area contributed by atoms with Crippen molar-refractivity contribution in [1.29, 1.82) is 0 Å². The van der Waals surface area contributed by atoms with Crippen molar-refractivity contribution in [2.45, 2.75) is 19.4 Å². The Morgan fingerprint density at radius 3 is 2.82 bits per heavy atom. The van der Waals surface area contributed by atoms with Crippen LogP contribution >= 0.6 is 0 Å². The van der Waals surface area contributed by atoms with E-state index in [9.17, 15) is 4.79 Å². The standard InChI is InChI=1S/C8H14N2O/c1-4-7(2)10-6-5-8(11)9-3/h1,7,10H,5-6H2,2-3H3,(H,9,11). The Morgan fingerprint density at radius 2 is 2.36 bits per heavy atom. The van der Waals surface area contributed by atoms with Crippen LogP contribution in [0, 0.1) is 12.3 Å². The van der Waals surface area contributed by atoms with Gasteiger partial charge in [0, 0.05) is 20.0 Å². The molecule has 0 spiro atoms. The smallest absolute Gasteiger partial charge is 0.221 e. The first-order valence-electron chi connectivity index (χ1n) is 3.60. The van der Waals surface area contributed by atoms with Gasteiger partial charge in [0.2, 0.25) is 5.91 Å². The van der Waals surface area contributed by atoms with Gasteiger partial charge < -0.3 is 10.6 Å². The topological polar surface area (TPSA) is 41.1 Å². The Labute approximate surface area is 67.6 Å². The average Bonchev–Trinajstić information content (AvgIpc) is 2.04.